The number of rotatable bonds is 7. The van der Waals surface area contributed by atoms with E-state index < -0.39 is 0 Å². The Morgan fingerprint density at radius 1 is 1.08 bits per heavy atom. The highest BCUT2D eigenvalue weighted by Crippen LogP contribution is 2.52. The van der Waals surface area contributed by atoms with E-state index in [0.29, 0.717) is 12.4 Å². The second-order valence-electron chi connectivity index (χ2n) is 10.9. The number of hydrogen-bond acceptors (Lipinski definition) is 6. The van der Waals surface area contributed by atoms with Crippen LogP contribution in [0.25, 0.3) is 22.0 Å². The number of carbonyl (C=O) groups is 1. The van der Waals surface area contributed by atoms with E-state index in [4.69, 9.17) is 0 Å². The molecule has 1 amide bonds. The summed E-state index contributed by atoms with van der Waals surface area (Å²) in [6.07, 6.45) is 11.1. The maximum atomic E-state index is 12.8. The van der Waals surface area contributed by atoms with Crippen LogP contribution in [0.4, 0.5) is 10.2 Å². The number of carbonyl (C=O) groups excluding carboxylic acids is 1. The van der Waals surface area contributed by atoms with Gasteiger partial charge >= 0.3 is 0 Å². The molecule has 1 N–H and O–H groups in total. The fourth-order valence-electron chi connectivity index (χ4n) is 6.31. The van der Waals surface area contributed by atoms with Crippen molar-refractivity contribution < 1.29 is 9.18 Å². The van der Waals surface area contributed by atoms with Crippen LogP contribution >= 0.6 is 0 Å². The molecule has 1 spiro atoms. The second kappa shape index (κ2) is 9.52. The molecule has 2 saturated heterocycles. The lowest BCUT2D eigenvalue weighted by Gasteiger charge is -2.58. The predicted octanol–water partition coefficient (Wildman–Crippen LogP) is 3.64. The summed E-state index contributed by atoms with van der Waals surface area (Å²) in [4.78, 5) is 26.5. The van der Waals surface area contributed by atoms with Gasteiger partial charge in [0.1, 0.15) is 12.5 Å². The van der Waals surface area contributed by atoms with Gasteiger partial charge in [0, 0.05) is 61.9 Å². The van der Waals surface area contributed by atoms with E-state index in [9.17, 15) is 9.18 Å². The van der Waals surface area contributed by atoms with Crippen LogP contribution in [0.2, 0.25) is 0 Å². The molecule has 190 valence electrons. The average Bonchev–Trinajstić information content (AvgIpc) is 3.19. The van der Waals surface area contributed by atoms with E-state index in [1.165, 1.54) is 25.0 Å². The highest BCUT2D eigenvalue weighted by atomic mass is 19.1. The highest BCUT2D eigenvalue weighted by Gasteiger charge is 2.53. The summed E-state index contributed by atoms with van der Waals surface area (Å²) in [6.45, 7) is 5.19. The Bertz CT molecular complexity index is 1250. The molecule has 1 saturated carbocycles. The summed E-state index contributed by atoms with van der Waals surface area (Å²) in [5.41, 5.74) is 4.34. The third-order valence-corrected chi connectivity index (χ3v) is 8.26. The molecule has 6 rings (SSSR count). The smallest absolute Gasteiger partial charge is 0.228 e. The predicted molar refractivity (Wildman–Crippen MR) is 137 cm³/mol. The Morgan fingerprint density at radius 2 is 1.89 bits per heavy atom. The summed E-state index contributed by atoms with van der Waals surface area (Å²) >= 11 is 0. The summed E-state index contributed by atoms with van der Waals surface area (Å²) in [7, 11) is 2.00. The van der Waals surface area contributed by atoms with Gasteiger partial charge in [0.25, 0.3) is 0 Å². The van der Waals surface area contributed by atoms with Crippen molar-refractivity contribution in [1.82, 2.24) is 29.5 Å². The zero-order valence-electron chi connectivity index (χ0n) is 20.9. The minimum Gasteiger partial charge on any atom is -0.310 e. The molecule has 3 fully saturated rings. The molecule has 1 aliphatic carbocycles. The number of aryl methyl sites for hydroxylation is 1. The second-order valence-corrected chi connectivity index (χ2v) is 10.9. The maximum Gasteiger partial charge on any atom is 0.228 e. The fraction of sp³-hybridized carbons (Fsp3) is 0.556. The van der Waals surface area contributed by atoms with Gasteiger partial charge in [-0.25, -0.2) is 9.37 Å². The molecule has 36 heavy (non-hydrogen) atoms. The van der Waals surface area contributed by atoms with Crippen LogP contribution in [0.1, 0.15) is 37.8 Å². The van der Waals surface area contributed by atoms with Crippen LogP contribution in [0.15, 0.2) is 30.7 Å². The topological polar surface area (TPSA) is 79.2 Å². The quantitative estimate of drug-likeness (QED) is 0.544. The third kappa shape index (κ3) is 4.50. The number of anilines is 1. The van der Waals surface area contributed by atoms with Gasteiger partial charge in [0.15, 0.2) is 0 Å². The van der Waals surface area contributed by atoms with E-state index in [0.717, 1.165) is 67.6 Å². The molecule has 0 aromatic carbocycles. The van der Waals surface area contributed by atoms with Crippen LogP contribution in [0, 0.1) is 11.3 Å². The minimum atomic E-state index is -0.301. The summed E-state index contributed by atoms with van der Waals surface area (Å²) in [6, 6.07) is 4.02. The van der Waals surface area contributed by atoms with Gasteiger partial charge in [-0.15, -0.1) is 0 Å². The first-order valence-electron chi connectivity index (χ1n) is 13.1. The van der Waals surface area contributed by atoms with Gasteiger partial charge in [0.2, 0.25) is 5.91 Å². The van der Waals surface area contributed by atoms with Crippen molar-refractivity contribution >= 4 is 22.6 Å². The van der Waals surface area contributed by atoms with Crippen LogP contribution in [0.5, 0.6) is 0 Å². The van der Waals surface area contributed by atoms with Crippen molar-refractivity contribution in [2.24, 2.45) is 18.4 Å². The summed E-state index contributed by atoms with van der Waals surface area (Å²) < 4.78 is 14.5. The summed E-state index contributed by atoms with van der Waals surface area (Å²) in [5, 5.41) is 8.49. The molecule has 0 unspecified atom stereocenters. The molecule has 0 atom stereocenters. The number of fused-ring (bicyclic) bond motifs is 1. The number of pyridine rings is 2. The molecule has 3 aliphatic rings. The molecule has 3 aromatic heterocycles. The van der Waals surface area contributed by atoms with Crippen LogP contribution < -0.4 is 5.32 Å². The van der Waals surface area contributed by atoms with E-state index in [2.05, 4.69) is 36.2 Å². The molecular formula is C27H34FN7O. The van der Waals surface area contributed by atoms with Gasteiger partial charge in [-0.2, -0.15) is 5.10 Å². The number of hydrogen-bond donors (Lipinski definition) is 1. The molecule has 5 heterocycles. The molecule has 0 bridgehead atoms. The number of likely N-dealkylation sites (tertiary alicyclic amines) is 2. The standard InChI is InChI=1S/C27H34FN7O/c1-33-24(16-34-6-3-2-4-7-34)22(14-31-33)20-9-19-10-25(30-15-23(19)29-13-20)32-26(36)21-11-27(12-21)17-35(18-27)8-5-28/h9-10,13-15,21H,2-8,11-12,16-18H2,1H3,(H,30,32,36). The first kappa shape index (κ1) is 23.5. The third-order valence-electron chi connectivity index (χ3n) is 8.26. The first-order chi connectivity index (χ1) is 17.5. The van der Waals surface area contributed by atoms with Gasteiger partial charge in [-0.3, -0.25) is 24.3 Å². The number of nitrogens with one attached hydrogen (secondary N) is 1. The monoisotopic (exact) mass is 491 g/mol. The number of halogens is 1. The molecular weight excluding hydrogens is 457 g/mol. The number of nitrogens with zero attached hydrogens (tertiary/aromatic N) is 6. The lowest BCUT2D eigenvalue weighted by Crippen LogP contribution is -2.63. The lowest BCUT2D eigenvalue weighted by atomic mass is 9.57. The molecule has 2 aliphatic heterocycles. The SMILES string of the molecule is Cn1ncc(-c2cnc3cnc(NC(=O)C4CC5(C4)CN(CCF)C5)cc3c2)c1CN1CCCCC1. The number of amides is 1. The average molecular weight is 492 g/mol. The van der Waals surface area contributed by atoms with Gasteiger partial charge in [0.05, 0.1) is 23.6 Å². The maximum absolute atomic E-state index is 12.8. The minimum absolute atomic E-state index is 0.00669. The van der Waals surface area contributed by atoms with Gasteiger partial charge < -0.3 is 5.32 Å². The normalized spacial score (nSPS) is 20.4. The number of aromatic nitrogens is 4. The Morgan fingerprint density at radius 3 is 2.67 bits per heavy atom. The van der Waals surface area contributed by atoms with Gasteiger partial charge in [-0.05, 0) is 56.3 Å². The zero-order chi connectivity index (χ0) is 24.7. The first-order valence-corrected chi connectivity index (χ1v) is 13.1. The van der Waals surface area contributed by atoms with Crippen molar-refractivity contribution in [2.45, 2.75) is 38.6 Å². The van der Waals surface area contributed by atoms with E-state index >= 15 is 0 Å². The van der Waals surface area contributed by atoms with E-state index in [1.54, 1.807) is 6.20 Å². The lowest BCUT2D eigenvalue weighted by molar-refractivity contribution is -0.139. The van der Waals surface area contributed by atoms with Crippen molar-refractivity contribution in [3.05, 3.63) is 36.4 Å². The zero-order valence-corrected chi connectivity index (χ0v) is 20.9. The van der Waals surface area contributed by atoms with Crippen molar-refractivity contribution in [3.63, 3.8) is 0 Å². The molecule has 3 aromatic rings. The largest absolute Gasteiger partial charge is 0.310 e. The number of piperidine rings is 1. The van der Waals surface area contributed by atoms with Crippen molar-refractivity contribution in [3.8, 4) is 11.1 Å². The number of alkyl halides is 1. The van der Waals surface area contributed by atoms with Crippen LogP contribution in [-0.2, 0) is 18.4 Å². The van der Waals surface area contributed by atoms with E-state index in [1.807, 2.05) is 30.2 Å². The Balaban J connectivity index is 1.15. The van der Waals surface area contributed by atoms with Gasteiger partial charge in [-0.1, -0.05) is 6.42 Å². The van der Waals surface area contributed by atoms with E-state index in [-0.39, 0.29) is 23.9 Å². The highest BCUT2D eigenvalue weighted by molar-refractivity contribution is 5.94. The molecule has 9 heteroatoms. The Labute approximate surface area is 210 Å². The molecule has 8 nitrogen and oxygen atoms in total. The van der Waals surface area contributed by atoms with Crippen LogP contribution in [-0.4, -0.2) is 74.9 Å². The fourth-order valence-corrected chi connectivity index (χ4v) is 6.31. The van der Waals surface area contributed by atoms with Crippen molar-refractivity contribution in [2.75, 3.05) is 44.7 Å². The van der Waals surface area contributed by atoms with Crippen LogP contribution in [0.3, 0.4) is 0 Å². The summed E-state index contributed by atoms with van der Waals surface area (Å²) in [5.74, 6) is 0.587. The molecule has 0 radical (unpaired) electrons. The Kier molecular flexibility index (Phi) is 6.21. The Hall–Kier alpha value is -2.91. The van der Waals surface area contributed by atoms with Crippen molar-refractivity contribution in [1.29, 1.82) is 0 Å².